The molecule has 1 aliphatic heterocycles. The van der Waals surface area contributed by atoms with Gasteiger partial charge in [0.05, 0.1) is 0 Å². The van der Waals surface area contributed by atoms with Crippen molar-refractivity contribution in [1.29, 1.82) is 0 Å². The van der Waals surface area contributed by atoms with Crippen molar-refractivity contribution in [2.75, 3.05) is 13.1 Å². The SMILES string of the molecule is FC(F)c1ccc(Cl)c(C2CCCNC2)c1. The van der Waals surface area contributed by atoms with Crippen LogP contribution in [0.2, 0.25) is 5.02 Å². The van der Waals surface area contributed by atoms with Gasteiger partial charge in [-0.25, -0.2) is 8.78 Å². The van der Waals surface area contributed by atoms with Crippen LogP contribution in [0.15, 0.2) is 18.2 Å². The van der Waals surface area contributed by atoms with E-state index in [1.165, 1.54) is 6.07 Å². The fraction of sp³-hybridized carbons (Fsp3) is 0.500. The van der Waals surface area contributed by atoms with Gasteiger partial charge in [-0.1, -0.05) is 17.7 Å². The summed E-state index contributed by atoms with van der Waals surface area (Å²) in [6.07, 6.45) is -0.341. The summed E-state index contributed by atoms with van der Waals surface area (Å²) in [6, 6.07) is 4.52. The number of nitrogens with one attached hydrogen (secondary N) is 1. The Bertz CT molecular complexity index is 362. The third-order valence-corrected chi connectivity index (χ3v) is 3.35. The molecule has 2 rings (SSSR count). The van der Waals surface area contributed by atoms with Crippen LogP contribution in [0.25, 0.3) is 0 Å². The molecule has 4 heteroatoms. The maximum atomic E-state index is 12.6. The van der Waals surface area contributed by atoms with Crippen molar-refractivity contribution in [3.05, 3.63) is 34.3 Å². The molecule has 0 saturated carbocycles. The fourth-order valence-electron chi connectivity index (χ4n) is 2.13. The van der Waals surface area contributed by atoms with E-state index in [4.69, 9.17) is 11.6 Å². The first-order chi connectivity index (χ1) is 7.68. The quantitative estimate of drug-likeness (QED) is 0.837. The van der Waals surface area contributed by atoms with Crippen LogP contribution < -0.4 is 5.32 Å². The Morgan fingerprint density at radius 1 is 1.38 bits per heavy atom. The second-order valence-electron chi connectivity index (χ2n) is 4.12. The van der Waals surface area contributed by atoms with Crippen LogP contribution in [0.4, 0.5) is 8.78 Å². The maximum Gasteiger partial charge on any atom is 0.263 e. The molecule has 1 aromatic carbocycles. The zero-order valence-electron chi connectivity index (χ0n) is 8.85. The minimum Gasteiger partial charge on any atom is -0.316 e. The van der Waals surface area contributed by atoms with Gasteiger partial charge in [0.1, 0.15) is 0 Å². The van der Waals surface area contributed by atoms with Crippen LogP contribution in [0.1, 0.15) is 36.3 Å². The summed E-state index contributed by atoms with van der Waals surface area (Å²) in [5, 5.41) is 3.86. The van der Waals surface area contributed by atoms with Crippen molar-refractivity contribution in [2.24, 2.45) is 0 Å². The highest BCUT2D eigenvalue weighted by atomic mass is 35.5. The van der Waals surface area contributed by atoms with Gasteiger partial charge in [-0.2, -0.15) is 0 Å². The van der Waals surface area contributed by atoms with Crippen LogP contribution >= 0.6 is 11.6 Å². The van der Waals surface area contributed by atoms with Crippen molar-refractivity contribution in [2.45, 2.75) is 25.2 Å². The van der Waals surface area contributed by atoms with Gasteiger partial charge in [0.25, 0.3) is 6.43 Å². The average molecular weight is 246 g/mol. The lowest BCUT2D eigenvalue weighted by Gasteiger charge is -2.24. The standard InChI is InChI=1S/C12H14ClF2N/c13-11-4-3-8(12(14)15)6-10(11)9-2-1-5-16-7-9/h3-4,6,9,12,16H,1-2,5,7H2. The highest BCUT2D eigenvalue weighted by Crippen LogP contribution is 2.32. The van der Waals surface area contributed by atoms with Gasteiger partial charge in [-0.05, 0) is 43.0 Å². The van der Waals surface area contributed by atoms with E-state index in [0.717, 1.165) is 31.5 Å². The van der Waals surface area contributed by atoms with Gasteiger partial charge >= 0.3 is 0 Å². The highest BCUT2D eigenvalue weighted by molar-refractivity contribution is 6.31. The molecule has 0 aromatic heterocycles. The molecule has 1 fully saturated rings. The molecule has 0 bridgehead atoms. The Morgan fingerprint density at radius 2 is 2.19 bits per heavy atom. The molecule has 1 N–H and O–H groups in total. The van der Waals surface area contributed by atoms with E-state index >= 15 is 0 Å². The van der Waals surface area contributed by atoms with Crippen LogP contribution in [-0.4, -0.2) is 13.1 Å². The number of piperidine rings is 1. The molecule has 16 heavy (non-hydrogen) atoms. The second-order valence-corrected chi connectivity index (χ2v) is 4.53. The van der Waals surface area contributed by atoms with Gasteiger partial charge in [-0.15, -0.1) is 0 Å². The number of hydrogen-bond acceptors (Lipinski definition) is 1. The Balaban J connectivity index is 2.27. The highest BCUT2D eigenvalue weighted by Gasteiger charge is 2.19. The molecular formula is C12H14ClF2N. The Morgan fingerprint density at radius 3 is 2.81 bits per heavy atom. The zero-order chi connectivity index (χ0) is 11.5. The van der Waals surface area contributed by atoms with E-state index in [1.807, 2.05) is 0 Å². The van der Waals surface area contributed by atoms with Gasteiger partial charge < -0.3 is 5.32 Å². The zero-order valence-corrected chi connectivity index (χ0v) is 9.61. The third kappa shape index (κ3) is 2.53. The molecule has 0 aliphatic carbocycles. The molecule has 0 amide bonds. The third-order valence-electron chi connectivity index (χ3n) is 3.01. The second kappa shape index (κ2) is 5.11. The number of rotatable bonds is 2. The summed E-state index contributed by atoms with van der Waals surface area (Å²) in [7, 11) is 0. The maximum absolute atomic E-state index is 12.6. The molecule has 88 valence electrons. The van der Waals surface area contributed by atoms with E-state index in [0.29, 0.717) is 5.02 Å². The van der Waals surface area contributed by atoms with Crippen LogP contribution in [0, 0.1) is 0 Å². The molecule has 1 saturated heterocycles. The summed E-state index contributed by atoms with van der Waals surface area (Å²) in [5.41, 5.74) is 0.914. The first-order valence-corrected chi connectivity index (χ1v) is 5.84. The molecule has 0 spiro atoms. The van der Waals surface area contributed by atoms with Gasteiger partial charge in [0.15, 0.2) is 0 Å². The Labute approximate surface area is 98.8 Å². The first kappa shape index (κ1) is 11.8. The minimum absolute atomic E-state index is 0.0602. The monoisotopic (exact) mass is 245 g/mol. The summed E-state index contributed by atoms with van der Waals surface area (Å²) >= 11 is 6.06. The molecule has 1 nitrogen and oxygen atoms in total. The lowest BCUT2D eigenvalue weighted by Crippen LogP contribution is -2.28. The van der Waals surface area contributed by atoms with Crippen molar-refractivity contribution >= 4 is 11.6 Å². The van der Waals surface area contributed by atoms with E-state index in [9.17, 15) is 8.78 Å². The summed E-state index contributed by atoms with van der Waals surface area (Å²) in [6.45, 7) is 1.83. The van der Waals surface area contributed by atoms with Crippen LogP contribution in [0.3, 0.4) is 0 Å². The Kier molecular flexibility index (Phi) is 3.77. The first-order valence-electron chi connectivity index (χ1n) is 5.46. The largest absolute Gasteiger partial charge is 0.316 e. The van der Waals surface area contributed by atoms with Gasteiger partial charge in [-0.3, -0.25) is 0 Å². The summed E-state index contributed by atoms with van der Waals surface area (Å²) in [5.74, 6) is 0.264. The lowest BCUT2D eigenvalue weighted by molar-refractivity contribution is 0.151. The molecule has 1 unspecified atom stereocenters. The molecule has 1 heterocycles. The van der Waals surface area contributed by atoms with Gasteiger partial charge in [0, 0.05) is 17.1 Å². The van der Waals surface area contributed by atoms with E-state index < -0.39 is 6.43 Å². The molecule has 1 aromatic rings. The molecule has 0 radical (unpaired) electrons. The molecular weight excluding hydrogens is 232 g/mol. The van der Waals surface area contributed by atoms with Crippen molar-refractivity contribution in [3.63, 3.8) is 0 Å². The van der Waals surface area contributed by atoms with Gasteiger partial charge in [0.2, 0.25) is 0 Å². The predicted octanol–water partition coefficient (Wildman–Crippen LogP) is 3.74. The number of alkyl halides is 2. The van der Waals surface area contributed by atoms with Crippen LogP contribution in [0.5, 0.6) is 0 Å². The number of halogens is 3. The number of hydrogen-bond donors (Lipinski definition) is 1. The molecule has 1 aliphatic rings. The lowest BCUT2D eigenvalue weighted by atomic mass is 9.90. The van der Waals surface area contributed by atoms with E-state index in [1.54, 1.807) is 12.1 Å². The van der Waals surface area contributed by atoms with E-state index in [2.05, 4.69) is 5.32 Å². The van der Waals surface area contributed by atoms with Crippen molar-refractivity contribution in [3.8, 4) is 0 Å². The topological polar surface area (TPSA) is 12.0 Å². The van der Waals surface area contributed by atoms with E-state index in [-0.39, 0.29) is 11.5 Å². The minimum atomic E-state index is -2.42. The molecule has 1 atom stereocenters. The summed E-state index contributed by atoms with van der Waals surface area (Å²) < 4.78 is 25.2. The van der Waals surface area contributed by atoms with Crippen LogP contribution in [-0.2, 0) is 0 Å². The predicted molar refractivity (Wildman–Crippen MR) is 61.3 cm³/mol. The smallest absolute Gasteiger partial charge is 0.263 e. The normalized spacial score (nSPS) is 21.4. The van der Waals surface area contributed by atoms with Crippen molar-refractivity contribution < 1.29 is 8.78 Å². The average Bonchev–Trinajstić information content (AvgIpc) is 2.30. The fourth-order valence-corrected chi connectivity index (χ4v) is 2.40. The Hall–Kier alpha value is -0.670. The number of benzene rings is 1. The van der Waals surface area contributed by atoms with Crippen molar-refractivity contribution in [1.82, 2.24) is 5.32 Å². The summed E-state index contributed by atoms with van der Waals surface area (Å²) in [4.78, 5) is 0.